The molecule has 2 unspecified atom stereocenters. The normalized spacial score (nSPS) is 24.9. The van der Waals surface area contributed by atoms with E-state index in [9.17, 15) is 0 Å². The second-order valence-electron chi connectivity index (χ2n) is 5.74. The van der Waals surface area contributed by atoms with Gasteiger partial charge < -0.3 is 19.5 Å². The fourth-order valence-electron chi connectivity index (χ4n) is 3.44. The van der Waals surface area contributed by atoms with Crippen LogP contribution in [0.5, 0.6) is 11.5 Å². The number of morpholine rings is 1. The van der Waals surface area contributed by atoms with Crippen LogP contribution in [0.2, 0.25) is 0 Å². The first-order valence-corrected chi connectivity index (χ1v) is 7.54. The molecule has 0 aromatic heterocycles. The lowest BCUT2D eigenvalue weighted by atomic mass is 10.1. The zero-order valence-corrected chi connectivity index (χ0v) is 13.0. The number of nitrogens with one attached hydrogen (secondary N) is 1. The fraction of sp³-hybridized carbons (Fsp3) is 0.625. The molecule has 3 rings (SSSR count). The van der Waals surface area contributed by atoms with E-state index >= 15 is 0 Å². The van der Waals surface area contributed by atoms with Crippen molar-refractivity contribution in [2.45, 2.75) is 31.6 Å². The van der Waals surface area contributed by atoms with Gasteiger partial charge in [-0.2, -0.15) is 0 Å². The first-order chi connectivity index (χ1) is 10.2. The van der Waals surface area contributed by atoms with E-state index in [4.69, 9.17) is 14.2 Å². The van der Waals surface area contributed by atoms with Crippen molar-refractivity contribution in [3.8, 4) is 11.5 Å². The van der Waals surface area contributed by atoms with E-state index in [1.165, 1.54) is 18.4 Å². The summed E-state index contributed by atoms with van der Waals surface area (Å²) in [4.78, 5) is 2.47. The number of hydrogen-bond donors (Lipinski definition) is 1. The average molecular weight is 292 g/mol. The van der Waals surface area contributed by atoms with Crippen LogP contribution in [0.3, 0.4) is 0 Å². The Bertz CT molecular complexity index is 495. The van der Waals surface area contributed by atoms with E-state index in [2.05, 4.69) is 16.3 Å². The molecule has 1 aromatic rings. The minimum Gasteiger partial charge on any atom is -0.494 e. The Balaban J connectivity index is 1.81. The minimum atomic E-state index is 0.414. The molecule has 0 spiro atoms. The monoisotopic (exact) mass is 292 g/mol. The Kier molecular flexibility index (Phi) is 4.22. The summed E-state index contributed by atoms with van der Waals surface area (Å²) in [5.41, 5.74) is 2.10. The first kappa shape index (κ1) is 14.5. The molecular weight excluding hydrogens is 268 g/mol. The molecule has 2 saturated heterocycles. The van der Waals surface area contributed by atoms with Gasteiger partial charge in [0.05, 0.1) is 26.4 Å². The van der Waals surface area contributed by atoms with Gasteiger partial charge in [0, 0.05) is 32.2 Å². The highest BCUT2D eigenvalue weighted by molar-refractivity contribution is 5.68. The van der Waals surface area contributed by atoms with Gasteiger partial charge in [0.25, 0.3) is 0 Å². The van der Waals surface area contributed by atoms with Crippen LogP contribution in [-0.4, -0.2) is 51.5 Å². The molecule has 0 amide bonds. The van der Waals surface area contributed by atoms with Crippen LogP contribution in [0.15, 0.2) is 12.1 Å². The molecule has 2 bridgehead atoms. The summed E-state index contributed by atoms with van der Waals surface area (Å²) in [5.74, 6) is 1.68. The van der Waals surface area contributed by atoms with Gasteiger partial charge in [0.15, 0.2) is 0 Å². The van der Waals surface area contributed by atoms with Crippen LogP contribution in [0.4, 0.5) is 5.69 Å². The third kappa shape index (κ3) is 2.80. The number of hydrogen-bond acceptors (Lipinski definition) is 5. The van der Waals surface area contributed by atoms with Gasteiger partial charge in [-0.1, -0.05) is 6.07 Å². The maximum atomic E-state index is 5.90. The number of anilines is 1. The standard InChI is InChI=1S/C16H24N2O3/c1-17-15-14(19-2)7-4-11(16(15)20-3)8-18-9-12-5-6-13(10-18)21-12/h4,7,12-13,17H,5-6,8-10H2,1-3H3. The largest absolute Gasteiger partial charge is 0.494 e. The van der Waals surface area contributed by atoms with Gasteiger partial charge in [0.1, 0.15) is 17.2 Å². The Labute approximate surface area is 126 Å². The van der Waals surface area contributed by atoms with Gasteiger partial charge in [0.2, 0.25) is 0 Å². The summed E-state index contributed by atoms with van der Waals surface area (Å²) in [5, 5.41) is 3.18. The van der Waals surface area contributed by atoms with Crippen molar-refractivity contribution in [1.29, 1.82) is 0 Å². The van der Waals surface area contributed by atoms with Crippen LogP contribution < -0.4 is 14.8 Å². The Morgan fingerprint density at radius 3 is 2.48 bits per heavy atom. The highest BCUT2D eigenvalue weighted by Gasteiger charge is 2.33. The second kappa shape index (κ2) is 6.12. The summed E-state index contributed by atoms with van der Waals surface area (Å²) in [6, 6.07) is 4.09. The molecule has 21 heavy (non-hydrogen) atoms. The van der Waals surface area contributed by atoms with Crippen LogP contribution >= 0.6 is 0 Å². The van der Waals surface area contributed by atoms with Crippen molar-refractivity contribution in [3.63, 3.8) is 0 Å². The maximum Gasteiger partial charge on any atom is 0.150 e. The van der Waals surface area contributed by atoms with E-state index in [1.807, 2.05) is 13.1 Å². The molecule has 5 nitrogen and oxygen atoms in total. The van der Waals surface area contributed by atoms with E-state index < -0.39 is 0 Å². The zero-order chi connectivity index (χ0) is 14.8. The van der Waals surface area contributed by atoms with Crippen LogP contribution in [0.25, 0.3) is 0 Å². The molecule has 1 N–H and O–H groups in total. The lowest BCUT2D eigenvalue weighted by molar-refractivity contribution is -0.0412. The summed E-state index contributed by atoms with van der Waals surface area (Å²) < 4.78 is 16.9. The van der Waals surface area contributed by atoms with E-state index in [0.29, 0.717) is 12.2 Å². The SMILES string of the molecule is CNc1c(OC)ccc(CN2CC3CCC(C2)O3)c1OC. The van der Waals surface area contributed by atoms with Crippen LogP contribution in [-0.2, 0) is 11.3 Å². The molecule has 1 aromatic carbocycles. The van der Waals surface area contributed by atoms with Crippen molar-refractivity contribution in [1.82, 2.24) is 4.90 Å². The number of fused-ring (bicyclic) bond motifs is 2. The molecule has 2 heterocycles. The minimum absolute atomic E-state index is 0.414. The summed E-state index contributed by atoms with van der Waals surface area (Å²) >= 11 is 0. The van der Waals surface area contributed by atoms with Crippen LogP contribution in [0.1, 0.15) is 18.4 Å². The van der Waals surface area contributed by atoms with Crippen molar-refractivity contribution < 1.29 is 14.2 Å². The molecule has 116 valence electrons. The molecular formula is C16H24N2O3. The average Bonchev–Trinajstić information content (AvgIpc) is 2.85. The predicted octanol–water partition coefficient (Wildman–Crippen LogP) is 2.11. The van der Waals surface area contributed by atoms with Gasteiger partial charge in [-0.15, -0.1) is 0 Å². The molecule has 0 saturated carbocycles. The summed E-state index contributed by atoms with van der Waals surface area (Å²) in [6.07, 6.45) is 3.22. The van der Waals surface area contributed by atoms with E-state index in [1.54, 1.807) is 14.2 Å². The third-order valence-electron chi connectivity index (χ3n) is 4.39. The van der Waals surface area contributed by atoms with Crippen LogP contribution in [0, 0.1) is 0 Å². The highest BCUT2D eigenvalue weighted by atomic mass is 16.5. The quantitative estimate of drug-likeness (QED) is 0.900. The van der Waals surface area contributed by atoms with Gasteiger partial charge in [-0.05, 0) is 18.9 Å². The zero-order valence-electron chi connectivity index (χ0n) is 13.0. The first-order valence-electron chi connectivity index (χ1n) is 7.54. The van der Waals surface area contributed by atoms with Gasteiger partial charge in [-0.25, -0.2) is 0 Å². The molecule has 5 heteroatoms. The van der Waals surface area contributed by atoms with Crippen molar-refractivity contribution >= 4 is 5.69 Å². The number of likely N-dealkylation sites (tertiary alicyclic amines) is 1. The number of nitrogens with zero attached hydrogens (tertiary/aromatic N) is 1. The number of benzene rings is 1. The molecule has 0 radical (unpaired) electrons. The third-order valence-corrected chi connectivity index (χ3v) is 4.39. The highest BCUT2D eigenvalue weighted by Crippen LogP contribution is 2.38. The Morgan fingerprint density at radius 1 is 1.19 bits per heavy atom. The molecule has 0 aliphatic carbocycles. The van der Waals surface area contributed by atoms with Crippen molar-refractivity contribution in [2.75, 3.05) is 39.7 Å². The topological polar surface area (TPSA) is 43.0 Å². The molecule has 2 aliphatic rings. The lowest BCUT2D eigenvalue weighted by Crippen LogP contribution is -2.42. The predicted molar refractivity (Wildman–Crippen MR) is 82.3 cm³/mol. The molecule has 2 atom stereocenters. The van der Waals surface area contributed by atoms with Gasteiger partial charge >= 0.3 is 0 Å². The Hall–Kier alpha value is -1.46. The number of ether oxygens (including phenoxy) is 3. The molecule has 2 fully saturated rings. The van der Waals surface area contributed by atoms with Crippen molar-refractivity contribution in [2.24, 2.45) is 0 Å². The number of methoxy groups -OCH3 is 2. The summed E-state index contributed by atoms with van der Waals surface area (Å²) in [7, 11) is 5.27. The van der Waals surface area contributed by atoms with Crippen molar-refractivity contribution in [3.05, 3.63) is 17.7 Å². The van der Waals surface area contributed by atoms with Gasteiger partial charge in [-0.3, -0.25) is 4.90 Å². The van der Waals surface area contributed by atoms with E-state index in [-0.39, 0.29) is 0 Å². The second-order valence-corrected chi connectivity index (χ2v) is 5.74. The fourth-order valence-corrected chi connectivity index (χ4v) is 3.44. The smallest absolute Gasteiger partial charge is 0.150 e. The summed E-state index contributed by atoms with van der Waals surface area (Å²) in [6.45, 7) is 2.92. The Morgan fingerprint density at radius 2 is 1.90 bits per heavy atom. The lowest BCUT2D eigenvalue weighted by Gasteiger charge is -2.32. The van der Waals surface area contributed by atoms with E-state index in [0.717, 1.165) is 36.8 Å². The number of rotatable bonds is 5. The molecule has 2 aliphatic heterocycles. The maximum absolute atomic E-state index is 5.90.